The third kappa shape index (κ3) is 4.78. The first kappa shape index (κ1) is 18.8. The van der Waals surface area contributed by atoms with Crippen LogP contribution in [0.4, 0.5) is 0 Å². The van der Waals surface area contributed by atoms with Crippen molar-refractivity contribution in [1.29, 1.82) is 0 Å². The second-order valence-corrected chi connectivity index (χ2v) is 3.50. The van der Waals surface area contributed by atoms with Gasteiger partial charge in [-0.05, 0) is 20.3 Å². The molecule has 84 valence electrons. The van der Waals surface area contributed by atoms with Gasteiger partial charge < -0.3 is 21.5 Å². The Labute approximate surface area is 86.0 Å². The molecule has 0 aromatic heterocycles. The largest absolute Gasteiger partial charge is 0.393 e. The van der Waals surface area contributed by atoms with Crippen LogP contribution < -0.4 is 6.15 Å². The van der Waals surface area contributed by atoms with E-state index < -0.39 is 17.8 Å². The van der Waals surface area contributed by atoms with E-state index in [0.717, 1.165) is 6.42 Å². The maximum atomic E-state index is 9.66. The Morgan fingerprint density at radius 2 is 1.54 bits per heavy atom. The fraction of sp³-hybridized carbons (Fsp3) is 1.00. The molecule has 0 saturated heterocycles. The lowest BCUT2D eigenvalue weighted by Crippen LogP contribution is -2.52. The van der Waals surface area contributed by atoms with Gasteiger partial charge in [0.25, 0.3) is 0 Å². The molecule has 1 unspecified atom stereocenters. The summed E-state index contributed by atoms with van der Waals surface area (Å²) in [6.45, 7) is 4.49. The van der Waals surface area contributed by atoms with Crippen molar-refractivity contribution in [3.05, 3.63) is 0 Å². The van der Waals surface area contributed by atoms with E-state index >= 15 is 0 Å². The molecule has 0 fully saturated rings. The quantitative estimate of drug-likeness (QED) is 0.560. The molecule has 0 aliphatic carbocycles. The van der Waals surface area contributed by atoms with Gasteiger partial charge in [-0.2, -0.15) is 0 Å². The molecule has 0 aromatic rings. The molecule has 13 heavy (non-hydrogen) atoms. The molecular formula is C8H22ClNO3. The zero-order chi connectivity index (χ0) is 9.12. The predicted octanol–water partition coefficient (Wildman–Crippen LogP) is 0.865. The molecule has 0 aliphatic rings. The van der Waals surface area contributed by atoms with Crippen molar-refractivity contribution in [3.8, 4) is 0 Å². The molecule has 0 amide bonds. The number of rotatable bonds is 4. The fourth-order valence-corrected chi connectivity index (χ4v) is 0.992. The van der Waals surface area contributed by atoms with Crippen LogP contribution in [-0.2, 0) is 0 Å². The van der Waals surface area contributed by atoms with Crippen LogP contribution in [0.5, 0.6) is 0 Å². The van der Waals surface area contributed by atoms with Crippen LogP contribution in [0.3, 0.4) is 0 Å². The van der Waals surface area contributed by atoms with Gasteiger partial charge in [-0.3, -0.25) is 0 Å². The molecule has 0 rings (SSSR count). The van der Waals surface area contributed by atoms with Crippen LogP contribution in [0.15, 0.2) is 0 Å². The summed E-state index contributed by atoms with van der Waals surface area (Å²) in [5.74, 6) is 0. The maximum Gasteiger partial charge on any atom is 0.116 e. The first-order chi connectivity index (χ1) is 4.87. The third-order valence-electron chi connectivity index (χ3n) is 2.06. The van der Waals surface area contributed by atoms with Crippen molar-refractivity contribution in [1.82, 2.24) is 6.15 Å². The van der Waals surface area contributed by atoms with Gasteiger partial charge >= 0.3 is 0 Å². The molecule has 0 saturated carbocycles. The lowest BCUT2D eigenvalue weighted by molar-refractivity contribution is -0.157. The lowest BCUT2D eigenvalue weighted by Gasteiger charge is -2.37. The minimum atomic E-state index is -1.36. The van der Waals surface area contributed by atoms with Crippen molar-refractivity contribution in [2.45, 2.75) is 44.8 Å². The summed E-state index contributed by atoms with van der Waals surface area (Å²) in [5, 5.41) is 28.0. The van der Waals surface area contributed by atoms with Crippen molar-refractivity contribution in [3.63, 3.8) is 0 Å². The van der Waals surface area contributed by atoms with Crippen molar-refractivity contribution >= 4 is 12.4 Å². The van der Waals surface area contributed by atoms with Gasteiger partial charge in [0.1, 0.15) is 5.60 Å². The van der Waals surface area contributed by atoms with E-state index in [1.54, 1.807) is 0 Å². The van der Waals surface area contributed by atoms with Gasteiger partial charge in [-0.1, -0.05) is 13.3 Å². The van der Waals surface area contributed by atoms with Gasteiger partial charge in [0.2, 0.25) is 0 Å². The first-order valence-electron chi connectivity index (χ1n) is 3.93. The zero-order valence-electron chi connectivity index (χ0n) is 8.58. The predicted molar refractivity (Wildman–Crippen MR) is 55.5 cm³/mol. The molecule has 0 aliphatic heterocycles. The molecule has 0 heterocycles. The minimum absolute atomic E-state index is 0. The number of aliphatic hydroxyl groups excluding tert-OH is 1. The van der Waals surface area contributed by atoms with Gasteiger partial charge in [0.15, 0.2) is 0 Å². The molecule has 4 nitrogen and oxygen atoms in total. The first-order valence-corrected chi connectivity index (χ1v) is 3.93. The second-order valence-electron chi connectivity index (χ2n) is 3.50. The average Bonchev–Trinajstić information content (AvgIpc) is 1.86. The smallest absolute Gasteiger partial charge is 0.116 e. The second kappa shape index (κ2) is 6.56. The summed E-state index contributed by atoms with van der Waals surface area (Å²) in [5.41, 5.74) is -2.60. The summed E-state index contributed by atoms with van der Waals surface area (Å²) in [6.07, 6.45) is 1.15. The molecule has 0 radical (unpaired) electrons. The van der Waals surface area contributed by atoms with Crippen molar-refractivity contribution in [2.75, 3.05) is 6.61 Å². The highest BCUT2D eigenvalue weighted by Crippen LogP contribution is 2.25. The summed E-state index contributed by atoms with van der Waals surface area (Å²) in [7, 11) is 0. The van der Waals surface area contributed by atoms with E-state index in [2.05, 4.69) is 0 Å². The monoisotopic (exact) mass is 215 g/mol. The lowest BCUT2D eigenvalue weighted by atomic mass is 9.83. The molecule has 5 heteroatoms. The van der Waals surface area contributed by atoms with E-state index in [9.17, 15) is 10.2 Å². The topological polar surface area (TPSA) is 95.7 Å². The van der Waals surface area contributed by atoms with Crippen LogP contribution in [0.1, 0.15) is 33.6 Å². The van der Waals surface area contributed by atoms with Crippen LogP contribution in [-0.4, -0.2) is 33.1 Å². The molecule has 1 atom stereocenters. The zero-order valence-corrected chi connectivity index (χ0v) is 9.39. The fourth-order valence-electron chi connectivity index (χ4n) is 0.992. The Hall–Kier alpha value is 0.130. The standard InChI is InChI=1S/C8H18O3.ClH.H3N/c1-4-5-8(11,6-9)7(2,3)10;;/h9-11H,4-6H2,1-3H3;1H;1H3. The number of hydrogen-bond acceptors (Lipinski definition) is 4. The number of halogens is 1. The van der Waals surface area contributed by atoms with Gasteiger partial charge in [0.05, 0.1) is 12.2 Å². The molecule has 0 bridgehead atoms. The van der Waals surface area contributed by atoms with E-state index in [0.29, 0.717) is 6.42 Å². The van der Waals surface area contributed by atoms with Crippen LogP contribution in [0.2, 0.25) is 0 Å². The molecular weight excluding hydrogens is 194 g/mol. The number of aliphatic hydroxyl groups is 3. The summed E-state index contributed by atoms with van der Waals surface area (Å²) in [6, 6.07) is 0. The average molecular weight is 216 g/mol. The normalized spacial score (nSPS) is 15.2. The minimum Gasteiger partial charge on any atom is -0.393 e. The van der Waals surface area contributed by atoms with Crippen LogP contribution in [0.25, 0.3) is 0 Å². The Morgan fingerprint density at radius 3 is 1.62 bits per heavy atom. The highest BCUT2D eigenvalue weighted by Gasteiger charge is 2.40. The van der Waals surface area contributed by atoms with Gasteiger partial charge in [-0.15, -0.1) is 12.4 Å². The third-order valence-corrected chi connectivity index (χ3v) is 2.06. The van der Waals surface area contributed by atoms with Crippen molar-refractivity contribution < 1.29 is 15.3 Å². The van der Waals surface area contributed by atoms with Crippen LogP contribution in [0, 0.1) is 0 Å². The molecule has 0 aromatic carbocycles. The molecule has 6 N–H and O–H groups in total. The number of hydrogen-bond donors (Lipinski definition) is 4. The Balaban J connectivity index is -0.000000500. The molecule has 0 spiro atoms. The Morgan fingerprint density at radius 1 is 1.15 bits per heavy atom. The summed E-state index contributed by atoms with van der Waals surface area (Å²) < 4.78 is 0. The van der Waals surface area contributed by atoms with E-state index in [4.69, 9.17) is 5.11 Å². The van der Waals surface area contributed by atoms with Crippen molar-refractivity contribution in [2.24, 2.45) is 0 Å². The van der Waals surface area contributed by atoms with E-state index in [-0.39, 0.29) is 18.6 Å². The van der Waals surface area contributed by atoms with E-state index in [1.807, 2.05) is 6.92 Å². The van der Waals surface area contributed by atoms with Gasteiger partial charge in [-0.25, -0.2) is 0 Å². The SMILES string of the molecule is CCCC(O)(CO)C(C)(C)O.Cl.N. The summed E-state index contributed by atoms with van der Waals surface area (Å²) >= 11 is 0. The Bertz CT molecular complexity index is 127. The highest BCUT2D eigenvalue weighted by atomic mass is 35.5. The van der Waals surface area contributed by atoms with Gasteiger partial charge in [0, 0.05) is 0 Å². The van der Waals surface area contributed by atoms with Crippen LogP contribution >= 0.6 is 12.4 Å². The highest BCUT2D eigenvalue weighted by molar-refractivity contribution is 5.85. The maximum absolute atomic E-state index is 9.66. The summed E-state index contributed by atoms with van der Waals surface area (Å²) in [4.78, 5) is 0. The van der Waals surface area contributed by atoms with E-state index in [1.165, 1.54) is 13.8 Å². The Kier molecular flexibility index (Phi) is 9.51.